The number of rotatable bonds is 8. The van der Waals surface area contributed by atoms with E-state index < -0.39 is 0 Å². The van der Waals surface area contributed by atoms with Gasteiger partial charge in [0.1, 0.15) is 5.75 Å². The van der Waals surface area contributed by atoms with Crippen LogP contribution in [0.5, 0.6) is 5.75 Å². The number of amides is 1. The number of phenols is 1. The fraction of sp³-hybridized carbons (Fsp3) is 0.423. The summed E-state index contributed by atoms with van der Waals surface area (Å²) in [5.74, 6) is 0.135. The zero-order valence-corrected chi connectivity index (χ0v) is 19.3. The van der Waals surface area contributed by atoms with Gasteiger partial charge in [-0.1, -0.05) is 30.3 Å². The highest BCUT2D eigenvalue weighted by molar-refractivity contribution is 5.94. The lowest BCUT2D eigenvalue weighted by molar-refractivity contribution is 0.0306. The molecule has 2 N–H and O–H groups in total. The van der Waals surface area contributed by atoms with Gasteiger partial charge in [0.05, 0.1) is 12.6 Å². The van der Waals surface area contributed by atoms with Crippen LogP contribution in [0.2, 0.25) is 0 Å². The molecule has 6 nitrogen and oxygen atoms in total. The molecule has 1 amide bonds. The third-order valence-electron chi connectivity index (χ3n) is 6.30. The summed E-state index contributed by atoms with van der Waals surface area (Å²) >= 11 is 0. The molecule has 2 aromatic carbocycles. The standard InChI is InChI=1S/C26H35N3O3/c1-5-13-28-17-20(3)29(18-19(28)2)25(23-7-6-8-24(31)16-23)21-9-11-22(12-10-21)26(32)27(4)14-15-30/h5-12,16,19-20,25,30-31H,1,13-15,17-18H2,2-4H3. The first-order chi connectivity index (χ1) is 15.3. The predicted molar refractivity (Wildman–Crippen MR) is 128 cm³/mol. The van der Waals surface area contributed by atoms with Gasteiger partial charge < -0.3 is 15.1 Å². The van der Waals surface area contributed by atoms with Crippen molar-refractivity contribution in [1.82, 2.24) is 14.7 Å². The maximum absolute atomic E-state index is 12.6. The zero-order valence-electron chi connectivity index (χ0n) is 19.3. The molecule has 6 heteroatoms. The van der Waals surface area contributed by atoms with Crippen LogP contribution in [0.25, 0.3) is 0 Å². The number of benzene rings is 2. The fourth-order valence-electron chi connectivity index (χ4n) is 4.56. The smallest absolute Gasteiger partial charge is 0.253 e. The number of aliphatic hydroxyl groups is 1. The number of aromatic hydroxyl groups is 1. The number of carbonyl (C=O) groups excluding carboxylic acids is 1. The Morgan fingerprint density at radius 3 is 2.50 bits per heavy atom. The van der Waals surface area contributed by atoms with Crippen LogP contribution in [-0.4, -0.2) is 82.7 Å². The molecular weight excluding hydrogens is 402 g/mol. The molecule has 2 aromatic rings. The summed E-state index contributed by atoms with van der Waals surface area (Å²) in [6, 6.07) is 15.8. The number of likely N-dealkylation sites (N-methyl/N-ethyl adjacent to an activating group) is 1. The van der Waals surface area contributed by atoms with Crippen LogP contribution >= 0.6 is 0 Å². The topological polar surface area (TPSA) is 67.2 Å². The van der Waals surface area contributed by atoms with Gasteiger partial charge in [0.25, 0.3) is 5.91 Å². The summed E-state index contributed by atoms with van der Waals surface area (Å²) in [5.41, 5.74) is 2.70. The molecule has 0 radical (unpaired) electrons. The van der Waals surface area contributed by atoms with Crippen LogP contribution in [0.15, 0.2) is 61.2 Å². The summed E-state index contributed by atoms with van der Waals surface area (Å²) in [7, 11) is 1.69. The van der Waals surface area contributed by atoms with Gasteiger partial charge in [0.15, 0.2) is 0 Å². The Morgan fingerprint density at radius 1 is 1.16 bits per heavy atom. The van der Waals surface area contributed by atoms with Crippen LogP contribution in [-0.2, 0) is 0 Å². The van der Waals surface area contributed by atoms with Crippen molar-refractivity contribution >= 4 is 5.91 Å². The van der Waals surface area contributed by atoms with Crippen LogP contribution in [0, 0.1) is 0 Å². The number of phenolic OH excluding ortho intramolecular Hbond substituents is 1. The van der Waals surface area contributed by atoms with E-state index in [0.717, 1.165) is 30.8 Å². The second-order valence-electron chi connectivity index (χ2n) is 8.71. The lowest BCUT2D eigenvalue weighted by atomic mass is 9.92. The largest absolute Gasteiger partial charge is 0.508 e. The highest BCUT2D eigenvalue weighted by atomic mass is 16.3. The maximum Gasteiger partial charge on any atom is 0.253 e. The Morgan fingerprint density at radius 2 is 1.88 bits per heavy atom. The molecule has 1 aliphatic rings. The minimum absolute atomic E-state index is 0.0373. The van der Waals surface area contributed by atoms with Crippen molar-refractivity contribution in [3.05, 3.63) is 77.9 Å². The summed E-state index contributed by atoms with van der Waals surface area (Å²) in [6.07, 6.45) is 1.95. The quantitative estimate of drug-likeness (QED) is 0.621. The van der Waals surface area contributed by atoms with Crippen LogP contribution in [0.3, 0.4) is 0 Å². The molecule has 1 saturated heterocycles. The molecule has 1 fully saturated rings. The van der Waals surface area contributed by atoms with Crippen molar-refractivity contribution in [2.24, 2.45) is 0 Å². The second kappa shape index (κ2) is 10.8. The van der Waals surface area contributed by atoms with Crippen molar-refractivity contribution in [3.8, 4) is 5.75 Å². The van der Waals surface area contributed by atoms with Gasteiger partial charge in [-0.05, 0) is 49.2 Å². The Kier molecular flexibility index (Phi) is 8.07. The number of hydrogen-bond acceptors (Lipinski definition) is 5. The Hall–Kier alpha value is -2.67. The molecule has 3 rings (SSSR count). The summed E-state index contributed by atoms with van der Waals surface area (Å²) in [5, 5.41) is 19.3. The molecule has 1 heterocycles. The molecule has 3 unspecified atom stereocenters. The van der Waals surface area contributed by atoms with Gasteiger partial charge in [0.2, 0.25) is 0 Å². The third-order valence-corrected chi connectivity index (χ3v) is 6.30. The van der Waals surface area contributed by atoms with Crippen LogP contribution < -0.4 is 0 Å². The van der Waals surface area contributed by atoms with Gasteiger partial charge in [-0.3, -0.25) is 14.6 Å². The summed E-state index contributed by atoms with van der Waals surface area (Å²) in [4.78, 5) is 19.0. The Labute approximate surface area is 191 Å². The monoisotopic (exact) mass is 437 g/mol. The van der Waals surface area contributed by atoms with E-state index in [1.54, 1.807) is 13.1 Å². The van der Waals surface area contributed by atoms with Gasteiger partial charge in [-0.15, -0.1) is 6.58 Å². The lowest BCUT2D eigenvalue weighted by Gasteiger charge is -2.47. The Bertz CT molecular complexity index is 915. The molecule has 172 valence electrons. The first-order valence-electron chi connectivity index (χ1n) is 11.2. The number of nitrogens with zero attached hydrogens (tertiary/aromatic N) is 3. The molecule has 0 aliphatic carbocycles. The predicted octanol–water partition coefficient (Wildman–Crippen LogP) is 3.13. The first kappa shape index (κ1) is 24.0. The van der Waals surface area contributed by atoms with E-state index in [1.807, 2.05) is 48.5 Å². The van der Waals surface area contributed by atoms with Gasteiger partial charge in [-0.2, -0.15) is 0 Å². The molecule has 0 bridgehead atoms. The lowest BCUT2D eigenvalue weighted by Crippen LogP contribution is -2.57. The van der Waals surface area contributed by atoms with E-state index in [-0.39, 0.29) is 24.3 Å². The van der Waals surface area contributed by atoms with Crippen molar-refractivity contribution < 1.29 is 15.0 Å². The highest BCUT2D eigenvalue weighted by Gasteiger charge is 2.34. The minimum atomic E-state index is -0.112. The van der Waals surface area contributed by atoms with E-state index >= 15 is 0 Å². The molecular formula is C26H35N3O3. The molecule has 0 saturated carbocycles. The van der Waals surface area contributed by atoms with Gasteiger partial charge in [-0.25, -0.2) is 0 Å². The molecule has 3 atom stereocenters. The molecule has 1 aliphatic heterocycles. The van der Waals surface area contributed by atoms with Crippen molar-refractivity contribution in [2.75, 3.05) is 39.8 Å². The first-order valence-corrected chi connectivity index (χ1v) is 11.2. The normalized spacial score (nSPS) is 20.6. The number of hydrogen-bond donors (Lipinski definition) is 2. The zero-order chi connectivity index (χ0) is 23.3. The molecule has 0 spiro atoms. The average molecular weight is 438 g/mol. The third kappa shape index (κ3) is 5.38. The van der Waals surface area contributed by atoms with E-state index in [2.05, 4.69) is 30.2 Å². The van der Waals surface area contributed by atoms with Crippen LogP contribution in [0.1, 0.15) is 41.4 Å². The van der Waals surface area contributed by atoms with Crippen LogP contribution in [0.4, 0.5) is 0 Å². The maximum atomic E-state index is 12.6. The van der Waals surface area contributed by atoms with Gasteiger partial charge >= 0.3 is 0 Å². The summed E-state index contributed by atoms with van der Waals surface area (Å²) in [6.45, 7) is 11.3. The summed E-state index contributed by atoms with van der Waals surface area (Å²) < 4.78 is 0. The van der Waals surface area contributed by atoms with E-state index in [1.165, 1.54) is 4.90 Å². The van der Waals surface area contributed by atoms with Crippen molar-refractivity contribution in [2.45, 2.75) is 32.0 Å². The molecule has 32 heavy (non-hydrogen) atoms. The van der Waals surface area contributed by atoms with Crippen molar-refractivity contribution in [1.29, 1.82) is 0 Å². The van der Waals surface area contributed by atoms with Crippen molar-refractivity contribution in [3.63, 3.8) is 0 Å². The number of aliphatic hydroxyl groups excluding tert-OH is 1. The number of piperazine rings is 1. The highest BCUT2D eigenvalue weighted by Crippen LogP contribution is 2.34. The van der Waals surface area contributed by atoms with E-state index in [0.29, 0.717) is 24.2 Å². The number of carbonyl (C=O) groups is 1. The average Bonchev–Trinajstić information content (AvgIpc) is 2.77. The van der Waals surface area contributed by atoms with E-state index in [4.69, 9.17) is 5.11 Å². The van der Waals surface area contributed by atoms with Gasteiger partial charge in [0, 0.05) is 50.9 Å². The second-order valence-corrected chi connectivity index (χ2v) is 8.71. The Balaban J connectivity index is 1.94. The molecule has 0 aromatic heterocycles. The SMILES string of the molecule is C=CCN1CC(C)N(C(c2ccc(C(=O)N(C)CCO)cc2)c2cccc(O)c2)CC1C. The fourth-order valence-corrected chi connectivity index (χ4v) is 4.56. The minimum Gasteiger partial charge on any atom is -0.508 e. The van der Waals surface area contributed by atoms with E-state index in [9.17, 15) is 9.90 Å².